The summed E-state index contributed by atoms with van der Waals surface area (Å²) in [6.45, 7) is 3.22. The molecule has 1 aromatic carbocycles. The fourth-order valence-electron chi connectivity index (χ4n) is 1.80. The van der Waals surface area contributed by atoms with Crippen molar-refractivity contribution in [3.8, 4) is 0 Å². The second kappa shape index (κ2) is 4.16. The van der Waals surface area contributed by atoms with Crippen LogP contribution >= 0.6 is 11.8 Å². The zero-order chi connectivity index (χ0) is 9.10. The van der Waals surface area contributed by atoms with Crippen molar-refractivity contribution >= 4 is 11.8 Å². The Bertz CT molecular complexity index is 285. The maximum Gasteiger partial charge on any atom is 0.0414 e. The molecule has 0 fully saturated rings. The molecule has 0 spiro atoms. The van der Waals surface area contributed by atoms with E-state index in [4.69, 9.17) is 0 Å². The van der Waals surface area contributed by atoms with Gasteiger partial charge in [0.25, 0.3) is 0 Å². The average molecular weight is 193 g/mol. The van der Waals surface area contributed by atoms with Crippen molar-refractivity contribution in [3.05, 3.63) is 35.4 Å². The van der Waals surface area contributed by atoms with Gasteiger partial charge in [-0.1, -0.05) is 31.2 Å². The first kappa shape index (κ1) is 9.10. The van der Waals surface area contributed by atoms with E-state index in [1.165, 1.54) is 22.6 Å². The van der Waals surface area contributed by atoms with Crippen molar-refractivity contribution in [2.45, 2.75) is 18.7 Å². The zero-order valence-electron chi connectivity index (χ0n) is 7.92. The van der Waals surface area contributed by atoms with E-state index in [0.717, 1.165) is 6.54 Å². The van der Waals surface area contributed by atoms with Gasteiger partial charge in [-0.2, -0.15) is 11.8 Å². The standard InChI is InChI=1S/C11H15NS/c1-2-12-11-8-13-7-9-5-3-4-6-10(9)11/h3-6,11-12H,2,7-8H2,1H3. The van der Waals surface area contributed by atoms with Crippen LogP contribution in [0.2, 0.25) is 0 Å². The van der Waals surface area contributed by atoms with Crippen LogP contribution in [-0.2, 0) is 5.75 Å². The highest BCUT2D eigenvalue weighted by Gasteiger charge is 2.18. The maximum atomic E-state index is 3.52. The van der Waals surface area contributed by atoms with Gasteiger partial charge in [0, 0.05) is 17.5 Å². The molecular weight excluding hydrogens is 178 g/mol. The molecule has 0 bridgehead atoms. The van der Waals surface area contributed by atoms with E-state index in [-0.39, 0.29) is 0 Å². The lowest BCUT2D eigenvalue weighted by molar-refractivity contribution is 0.598. The van der Waals surface area contributed by atoms with Gasteiger partial charge in [-0.25, -0.2) is 0 Å². The minimum Gasteiger partial charge on any atom is -0.309 e. The molecule has 1 unspecified atom stereocenters. The third-order valence-electron chi connectivity index (χ3n) is 2.42. The van der Waals surface area contributed by atoms with Crippen LogP contribution in [0.3, 0.4) is 0 Å². The Kier molecular flexibility index (Phi) is 2.91. The number of benzene rings is 1. The number of fused-ring (bicyclic) bond motifs is 1. The second-order valence-corrected chi connectivity index (χ2v) is 4.35. The molecule has 2 rings (SSSR count). The summed E-state index contributed by atoms with van der Waals surface area (Å²) in [6, 6.07) is 9.33. The Morgan fingerprint density at radius 3 is 3.15 bits per heavy atom. The van der Waals surface area contributed by atoms with Crippen molar-refractivity contribution in [2.75, 3.05) is 12.3 Å². The van der Waals surface area contributed by atoms with Crippen LogP contribution in [0.1, 0.15) is 24.1 Å². The van der Waals surface area contributed by atoms with Crippen LogP contribution < -0.4 is 5.32 Å². The second-order valence-electron chi connectivity index (χ2n) is 3.32. The van der Waals surface area contributed by atoms with Gasteiger partial charge in [-0.15, -0.1) is 0 Å². The Labute approximate surface area is 83.9 Å². The van der Waals surface area contributed by atoms with Crippen LogP contribution in [0.25, 0.3) is 0 Å². The highest BCUT2D eigenvalue weighted by Crippen LogP contribution is 2.30. The number of thioether (sulfide) groups is 1. The highest BCUT2D eigenvalue weighted by molar-refractivity contribution is 7.98. The molecular formula is C11H15NS. The summed E-state index contributed by atoms with van der Waals surface area (Å²) in [7, 11) is 0. The summed E-state index contributed by atoms with van der Waals surface area (Å²) in [5.74, 6) is 2.39. The molecule has 0 amide bonds. The first-order valence-electron chi connectivity index (χ1n) is 4.80. The molecule has 1 aliphatic heterocycles. The fraction of sp³-hybridized carbons (Fsp3) is 0.455. The van der Waals surface area contributed by atoms with E-state index in [2.05, 4.69) is 36.5 Å². The minimum absolute atomic E-state index is 0.569. The molecule has 0 aliphatic carbocycles. The Balaban J connectivity index is 2.26. The van der Waals surface area contributed by atoms with Crippen LogP contribution in [0.15, 0.2) is 24.3 Å². The fourth-order valence-corrected chi connectivity index (χ4v) is 2.93. The van der Waals surface area contributed by atoms with Crippen molar-refractivity contribution < 1.29 is 0 Å². The first-order valence-corrected chi connectivity index (χ1v) is 5.96. The molecule has 0 saturated carbocycles. The van der Waals surface area contributed by atoms with E-state index in [1.54, 1.807) is 0 Å². The van der Waals surface area contributed by atoms with Crippen molar-refractivity contribution in [1.29, 1.82) is 0 Å². The molecule has 70 valence electrons. The van der Waals surface area contributed by atoms with Gasteiger partial charge in [0.05, 0.1) is 0 Å². The topological polar surface area (TPSA) is 12.0 Å². The molecule has 1 atom stereocenters. The van der Waals surface area contributed by atoms with E-state index < -0.39 is 0 Å². The summed E-state index contributed by atoms with van der Waals surface area (Å²) < 4.78 is 0. The van der Waals surface area contributed by atoms with Crippen LogP contribution in [0.5, 0.6) is 0 Å². The lowest BCUT2D eigenvalue weighted by Gasteiger charge is -2.25. The molecule has 1 aliphatic rings. The van der Waals surface area contributed by atoms with E-state index in [0.29, 0.717) is 6.04 Å². The molecule has 0 aromatic heterocycles. The number of rotatable bonds is 2. The SMILES string of the molecule is CCNC1CSCc2ccccc21. The quantitative estimate of drug-likeness (QED) is 0.775. The third kappa shape index (κ3) is 1.89. The molecule has 0 saturated heterocycles. The smallest absolute Gasteiger partial charge is 0.0414 e. The number of nitrogens with one attached hydrogen (secondary N) is 1. The van der Waals surface area contributed by atoms with Gasteiger partial charge >= 0.3 is 0 Å². The first-order chi connectivity index (χ1) is 6.42. The van der Waals surface area contributed by atoms with Crippen LogP contribution in [0, 0.1) is 0 Å². The normalized spacial score (nSPS) is 21.2. The maximum absolute atomic E-state index is 3.52. The van der Waals surface area contributed by atoms with E-state index in [1.807, 2.05) is 11.8 Å². The molecule has 13 heavy (non-hydrogen) atoms. The summed E-state index contributed by atoms with van der Waals surface area (Å²) >= 11 is 2.02. The third-order valence-corrected chi connectivity index (χ3v) is 3.51. The largest absolute Gasteiger partial charge is 0.309 e. The monoisotopic (exact) mass is 193 g/mol. The summed E-state index contributed by atoms with van der Waals surface area (Å²) in [4.78, 5) is 0. The van der Waals surface area contributed by atoms with E-state index >= 15 is 0 Å². The Hall–Kier alpha value is -0.470. The van der Waals surface area contributed by atoms with E-state index in [9.17, 15) is 0 Å². The predicted octanol–water partition coefficient (Wildman–Crippen LogP) is 2.58. The van der Waals surface area contributed by atoms with Crippen molar-refractivity contribution in [2.24, 2.45) is 0 Å². The predicted molar refractivity (Wildman–Crippen MR) is 59.0 cm³/mol. The molecule has 1 heterocycles. The van der Waals surface area contributed by atoms with Crippen molar-refractivity contribution in [3.63, 3.8) is 0 Å². The summed E-state index contributed by atoms with van der Waals surface area (Å²) in [5, 5.41) is 3.52. The summed E-state index contributed by atoms with van der Waals surface area (Å²) in [6.07, 6.45) is 0. The molecule has 1 nitrogen and oxygen atoms in total. The van der Waals surface area contributed by atoms with Gasteiger partial charge in [0.15, 0.2) is 0 Å². The molecule has 1 N–H and O–H groups in total. The minimum atomic E-state index is 0.569. The van der Waals surface area contributed by atoms with Gasteiger partial charge in [-0.05, 0) is 17.7 Å². The highest BCUT2D eigenvalue weighted by atomic mass is 32.2. The number of hydrogen-bond acceptors (Lipinski definition) is 2. The van der Waals surface area contributed by atoms with Gasteiger partial charge in [0.2, 0.25) is 0 Å². The lowest BCUT2D eigenvalue weighted by atomic mass is 10.0. The van der Waals surface area contributed by atoms with Gasteiger partial charge < -0.3 is 5.32 Å². The van der Waals surface area contributed by atoms with Crippen LogP contribution in [0.4, 0.5) is 0 Å². The summed E-state index contributed by atoms with van der Waals surface area (Å²) in [5.41, 5.74) is 3.01. The van der Waals surface area contributed by atoms with Gasteiger partial charge in [-0.3, -0.25) is 0 Å². The Morgan fingerprint density at radius 2 is 2.31 bits per heavy atom. The average Bonchev–Trinajstić information content (AvgIpc) is 2.19. The Morgan fingerprint density at radius 1 is 1.46 bits per heavy atom. The number of hydrogen-bond donors (Lipinski definition) is 1. The molecule has 1 aromatic rings. The van der Waals surface area contributed by atoms with Gasteiger partial charge in [0.1, 0.15) is 0 Å². The van der Waals surface area contributed by atoms with Crippen molar-refractivity contribution in [1.82, 2.24) is 5.32 Å². The molecule has 0 radical (unpaired) electrons. The zero-order valence-corrected chi connectivity index (χ0v) is 8.73. The lowest BCUT2D eigenvalue weighted by Crippen LogP contribution is -2.26. The van der Waals surface area contributed by atoms with Crippen LogP contribution in [-0.4, -0.2) is 12.3 Å². The molecule has 2 heteroatoms.